The van der Waals surface area contributed by atoms with E-state index in [9.17, 15) is 0 Å². The van der Waals surface area contributed by atoms with E-state index < -0.39 is 23.0 Å². The zero-order valence-electron chi connectivity index (χ0n) is 65.3. The van der Waals surface area contributed by atoms with Crippen LogP contribution in [0.3, 0.4) is 0 Å². The largest absolute Gasteiger partial charge is 0.486 e. The predicted octanol–water partition coefficient (Wildman–Crippen LogP) is 22.3. The first-order valence-electron chi connectivity index (χ1n) is 37.0. The van der Waals surface area contributed by atoms with Crippen LogP contribution in [0.4, 0.5) is 0 Å². The molecule has 0 aliphatic heterocycles. The second kappa shape index (κ2) is 41.0. The Bertz CT molecular complexity index is 5190. The van der Waals surface area contributed by atoms with Crippen molar-refractivity contribution < 1.29 is 68.8 Å². The molecule has 0 bridgehead atoms. The Morgan fingerprint density at radius 2 is 0.880 bits per heavy atom. The first-order chi connectivity index (χ1) is 52.2. The van der Waals surface area contributed by atoms with E-state index in [4.69, 9.17) is 13.5 Å². The topological polar surface area (TPSA) is 108 Å². The van der Waals surface area contributed by atoms with Gasteiger partial charge in [0.25, 0.3) is 0 Å². The van der Waals surface area contributed by atoms with Crippen molar-refractivity contribution in [1.82, 2.24) is 39.5 Å². The van der Waals surface area contributed by atoms with Crippen molar-refractivity contribution in [1.29, 1.82) is 0 Å². The van der Waals surface area contributed by atoms with Crippen LogP contribution in [0, 0.1) is 55.1 Å². The summed E-state index contributed by atoms with van der Waals surface area (Å²) >= 11 is 0. The molecule has 0 aliphatic carbocycles. The van der Waals surface area contributed by atoms with Gasteiger partial charge < -0.3 is 33.9 Å². The molecule has 0 fully saturated rings. The van der Waals surface area contributed by atoms with E-state index in [2.05, 4.69) is 187 Å². The molecule has 0 aliphatic rings. The Labute approximate surface area is 685 Å². The van der Waals surface area contributed by atoms with E-state index in [1.165, 1.54) is 22.1 Å². The Hall–Kier alpha value is -9.69. The van der Waals surface area contributed by atoms with E-state index in [1.807, 2.05) is 225 Å². The number of aryl methyl sites for hydroxylation is 1. The smallest absolute Gasteiger partial charge is 0.216 e. The minimum atomic E-state index is -2.11. The maximum atomic E-state index is 7.62. The van der Waals surface area contributed by atoms with E-state index >= 15 is 0 Å². The quantitative estimate of drug-likeness (QED) is 0.0830. The van der Waals surface area contributed by atoms with Gasteiger partial charge in [0.15, 0.2) is 0 Å². The van der Waals surface area contributed by atoms with Crippen molar-refractivity contribution in [3.05, 3.63) is 351 Å². The Kier molecular flexibility index (Phi) is 30.2. The number of imidazole rings is 1. The fourth-order valence-corrected chi connectivity index (χ4v) is 14.4. The van der Waals surface area contributed by atoms with Crippen molar-refractivity contribution >= 4 is 59.6 Å². The molecule has 0 saturated heterocycles. The van der Waals surface area contributed by atoms with Gasteiger partial charge in [0.05, 0.1) is 38.6 Å². The second-order valence-electron chi connectivity index (χ2n) is 28.0. The van der Waals surface area contributed by atoms with Crippen LogP contribution < -0.4 is 10.4 Å². The molecule has 0 spiro atoms. The summed E-state index contributed by atoms with van der Waals surface area (Å²) in [5, 5.41) is 4.90. The van der Waals surface area contributed by atoms with Gasteiger partial charge in [0.1, 0.15) is 0 Å². The molecule has 0 saturated carbocycles. The molecule has 108 heavy (non-hydrogen) atoms. The zero-order valence-corrected chi connectivity index (χ0v) is 71.5. The summed E-state index contributed by atoms with van der Waals surface area (Å²) in [4.78, 5) is 31.2. The molecule has 0 amide bonds. The summed E-state index contributed by atoms with van der Waals surface area (Å²) in [6.45, 7) is 20.8. The minimum Gasteiger partial charge on any atom is -0.486 e. The average Bonchev–Trinajstić information content (AvgIpc) is 1.59. The Morgan fingerprint density at radius 3 is 1.36 bits per heavy atom. The van der Waals surface area contributed by atoms with Gasteiger partial charge in [-0.05, 0) is 124 Å². The predicted molar refractivity (Wildman–Crippen MR) is 441 cm³/mol. The number of hydrogen-bond donors (Lipinski definition) is 0. The third-order valence-electron chi connectivity index (χ3n) is 16.9. The van der Waals surface area contributed by atoms with E-state index in [0.717, 1.165) is 119 Å². The van der Waals surface area contributed by atoms with Crippen molar-refractivity contribution in [2.45, 2.75) is 86.7 Å². The SMILES string of the molecule is CC(C)Cc1cc(-c2[c-]cccc2)ncc1[Si](C)(C)C.C[Si](C)(C)c1ccc(-c2[c-]cccc2)nc1.[2H]C([2H])([2H])c1cnc(-c2[c-]cccc2)cc1CC(C)C.[Ir].[Ir].[Ir].[c-]1ccc2c(oc3ncccc32)c1-c1nc2ccccc2n1-c1ccccc1.[c-]1ccccc1-c1ccccn1.[c-]1ccccc1-c1ccccn1. The van der Waals surface area contributed by atoms with Crippen molar-refractivity contribution in [2.75, 3.05) is 0 Å². The third kappa shape index (κ3) is 23.2. The summed E-state index contributed by atoms with van der Waals surface area (Å²) in [7, 11) is -2.57. The third-order valence-corrected chi connectivity index (χ3v) is 21.0. The molecule has 3 radical (unpaired) electrons. The first-order valence-corrected chi connectivity index (χ1v) is 42.5. The average molecular weight is 1980 g/mol. The van der Waals surface area contributed by atoms with Gasteiger partial charge in [-0.1, -0.05) is 168 Å². The number of aromatic nitrogens is 8. The summed E-state index contributed by atoms with van der Waals surface area (Å²) in [6, 6.07) is 105. The maximum Gasteiger partial charge on any atom is 0.216 e. The summed E-state index contributed by atoms with van der Waals surface area (Å²) < 4.78 is 31.1. The summed E-state index contributed by atoms with van der Waals surface area (Å²) in [5.41, 5.74) is 17.8. The van der Waals surface area contributed by atoms with Crippen LogP contribution in [0.15, 0.2) is 302 Å². The van der Waals surface area contributed by atoms with Crippen LogP contribution in [0.5, 0.6) is 0 Å². The minimum absolute atomic E-state index is 0. The number of hydrogen-bond acceptors (Lipinski definition) is 8. The number of benzene rings is 8. The monoisotopic (exact) mass is 1980 g/mol. The molecule has 0 atom stereocenters. The summed E-state index contributed by atoms with van der Waals surface area (Å²) in [5.74, 6) is 1.86. The van der Waals surface area contributed by atoms with Gasteiger partial charge in [0, 0.05) is 113 Å². The molecule has 551 valence electrons. The van der Waals surface area contributed by atoms with Gasteiger partial charge in [0.2, 0.25) is 5.71 Å². The number of fused-ring (bicyclic) bond motifs is 4. The van der Waals surface area contributed by atoms with Crippen molar-refractivity contribution in [3.63, 3.8) is 0 Å². The van der Waals surface area contributed by atoms with E-state index in [-0.39, 0.29) is 60.3 Å². The normalized spacial score (nSPS) is 11.3. The number of pyridine rings is 6. The van der Waals surface area contributed by atoms with Crippen LogP contribution in [0.2, 0.25) is 39.3 Å². The molecule has 16 rings (SSSR count). The van der Waals surface area contributed by atoms with Crippen LogP contribution in [0.1, 0.15) is 48.5 Å². The van der Waals surface area contributed by atoms with E-state index in [0.29, 0.717) is 23.1 Å². The number of rotatable bonds is 13. The fraction of sp³-hybridized carbons (Fsp3) is 0.160. The number of para-hydroxylation sites is 3. The van der Waals surface area contributed by atoms with Crippen LogP contribution >= 0.6 is 0 Å². The molecule has 9 nitrogen and oxygen atoms in total. The van der Waals surface area contributed by atoms with Crippen LogP contribution in [0.25, 0.3) is 106 Å². The molecule has 16 aromatic rings. The Balaban J connectivity index is 0.000000171. The van der Waals surface area contributed by atoms with Gasteiger partial charge in [-0.25, -0.2) is 4.98 Å². The van der Waals surface area contributed by atoms with Gasteiger partial charge in [-0.3, -0.25) is 4.98 Å². The molecule has 8 aromatic heterocycles. The fourth-order valence-electron chi connectivity index (χ4n) is 11.8. The van der Waals surface area contributed by atoms with Gasteiger partial charge in [-0.15, -0.1) is 198 Å². The molecule has 8 heterocycles. The van der Waals surface area contributed by atoms with Crippen LogP contribution in [-0.4, -0.2) is 55.6 Å². The number of furan rings is 1. The standard InChI is InChI=1S/C24H14N3O.C18H24NSi.C16H18N.C14H16NSi.2C11H8N.3Ir/c1-2-8-16(9-3-1)27-21-14-5-4-13-20(21)26-23(27)19-11-6-10-17-18-12-7-15-25-24(18)28-22(17)19;1-14(2)11-16-12-17(15-9-7-6-8-10-15)19-13-18(16)20(3,4)5;1-12(2)9-15-10-16(17-11-13(15)3)14-7-5-4-6-8-14;1-16(2,3)13-9-10-14(15-11-13)12-7-5-4-6-8-12;2*1-2-6-10(7-3-1)11-8-4-5-9-12-11;;;/h1-10,12-15H;6-9,12-14H,11H2,1-5H3;4-7,10-12H,9H2,1-3H3;4-7,9-11H,1-3H3;2*1-6,8-9H;;;/q6*-1;;;/i;;3D3;;;;;;. The molecular formula is C94H88Ir3N8OSi2-6. The van der Waals surface area contributed by atoms with Crippen LogP contribution in [-0.2, 0) is 73.2 Å². The first kappa shape index (κ1) is 79.4. The molecule has 14 heteroatoms. The maximum absolute atomic E-state index is 7.62. The van der Waals surface area contributed by atoms with E-state index in [1.54, 1.807) is 18.6 Å². The number of nitrogens with zero attached hydrogens (tertiary/aromatic N) is 8. The van der Waals surface area contributed by atoms with Crippen molar-refractivity contribution in [3.8, 4) is 73.4 Å². The molecule has 0 unspecified atom stereocenters. The molecule has 0 N–H and O–H groups in total. The van der Waals surface area contributed by atoms with Crippen molar-refractivity contribution in [2.24, 2.45) is 11.8 Å². The van der Waals surface area contributed by atoms with Gasteiger partial charge >= 0.3 is 0 Å². The summed E-state index contributed by atoms with van der Waals surface area (Å²) in [6.07, 6.45) is 12.8. The second-order valence-corrected chi connectivity index (χ2v) is 38.2. The molecule has 8 aromatic carbocycles. The molecular weight excluding hydrogens is 1890 g/mol. The van der Waals surface area contributed by atoms with Gasteiger partial charge in [-0.2, -0.15) is 0 Å². The zero-order chi connectivity index (χ0) is 76.1. The Morgan fingerprint density at radius 1 is 0.407 bits per heavy atom.